The Balaban J connectivity index is 1.63. The average molecular weight is 496 g/mol. The fourth-order valence-electron chi connectivity index (χ4n) is 3.76. The Hall–Kier alpha value is -4.25. The number of nitrogens with one attached hydrogen (secondary N) is 1. The third kappa shape index (κ3) is 4.21. The Morgan fingerprint density at radius 3 is 2.49 bits per heavy atom. The molecule has 3 heterocycles. The van der Waals surface area contributed by atoms with E-state index >= 15 is 0 Å². The number of rotatable bonds is 5. The van der Waals surface area contributed by atoms with Gasteiger partial charge in [-0.15, -0.1) is 11.3 Å². The van der Waals surface area contributed by atoms with Crippen molar-refractivity contribution in [1.82, 2.24) is 14.1 Å². The number of carbonyl (C=O) groups excluding carboxylic acids is 1. The third-order valence-electron chi connectivity index (χ3n) is 5.37. The van der Waals surface area contributed by atoms with E-state index in [2.05, 4.69) is 10.3 Å². The number of carbonyl (C=O) groups is 1. The highest BCUT2D eigenvalue weighted by Gasteiger charge is 2.21. The monoisotopic (exact) mass is 496 g/mol. The third-order valence-corrected chi connectivity index (χ3v) is 6.46. The van der Waals surface area contributed by atoms with Gasteiger partial charge in [0.05, 0.1) is 12.1 Å². The molecule has 35 heavy (non-hydrogen) atoms. The van der Waals surface area contributed by atoms with Gasteiger partial charge in [-0.05, 0) is 42.0 Å². The number of anilines is 1. The Morgan fingerprint density at radius 1 is 0.971 bits per heavy atom. The fraction of sp³-hybridized carbons (Fsp3) is 0.0833. The minimum atomic E-state index is -1.13. The molecule has 2 aromatic carbocycles. The number of hydrogen-bond donors (Lipinski definition) is 1. The Bertz CT molecular complexity index is 1730. The van der Waals surface area contributed by atoms with Gasteiger partial charge >= 0.3 is 5.69 Å². The summed E-state index contributed by atoms with van der Waals surface area (Å²) in [6, 6.07) is 11.6. The second-order valence-corrected chi connectivity index (χ2v) is 8.70. The van der Waals surface area contributed by atoms with Crippen molar-refractivity contribution in [3.05, 3.63) is 105 Å². The molecule has 1 N–H and O–H groups in total. The number of benzene rings is 2. The van der Waals surface area contributed by atoms with Crippen molar-refractivity contribution in [2.75, 3.05) is 5.32 Å². The topological polar surface area (TPSA) is 86.0 Å². The van der Waals surface area contributed by atoms with Gasteiger partial charge in [0.25, 0.3) is 5.56 Å². The highest BCUT2D eigenvalue weighted by atomic mass is 32.1. The summed E-state index contributed by atoms with van der Waals surface area (Å²) in [5.41, 5.74) is -0.536. The SMILES string of the molecule is O=C(Cn1c(=O)n(Cc2ccc(F)cc2)c(=O)c2sc3ncccc3c21)Nc1ccc(F)c(F)c1. The van der Waals surface area contributed by atoms with E-state index in [1.54, 1.807) is 18.3 Å². The van der Waals surface area contributed by atoms with Crippen LogP contribution in [0.4, 0.5) is 18.9 Å². The maximum Gasteiger partial charge on any atom is 0.332 e. The maximum atomic E-state index is 13.5. The normalized spacial score (nSPS) is 11.3. The number of aromatic nitrogens is 3. The predicted octanol–water partition coefficient (Wildman–Crippen LogP) is 3.88. The quantitative estimate of drug-likeness (QED) is 0.400. The molecule has 5 rings (SSSR count). The zero-order valence-electron chi connectivity index (χ0n) is 17.8. The lowest BCUT2D eigenvalue weighted by molar-refractivity contribution is -0.116. The Morgan fingerprint density at radius 2 is 1.74 bits per heavy atom. The molecular formula is C24H15F3N4O3S. The standard InChI is InChI=1S/C24H15F3N4O3S/c25-14-5-3-13(4-6-14)11-31-23(33)21-20(16-2-1-9-28-22(16)35-21)30(24(31)34)12-19(32)29-15-7-8-17(26)18(27)10-15/h1-10H,11-12H2,(H,29,32). The summed E-state index contributed by atoms with van der Waals surface area (Å²) in [4.78, 5) is 44.3. The van der Waals surface area contributed by atoms with Crippen LogP contribution in [0.3, 0.4) is 0 Å². The van der Waals surface area contributed by atoms with Crippen LogP contribution in [0.25, 0.3) is 20.4 Å². The number of amides is 1. The summed E-state index contributed by atoms with van der Waals surface area (Å²) in [6.07, 6.45) is 1.55. The molecule has 0 atom stereocenters. The zero-order chi connectivity index (χ0) is 24.7. The summed E-state index contributed by atoms with van der Waals surface area (Å²) >= 11 is 1.09. The second kappa shape index (κ2) is 8.84. The first-order valence-electron chi connectivity index (χ1n) is 10.3. The van der Waals surface area contributed by atoms with Gasteiger partial charge in [-0.3, -0.25) is 18.7 Å². The molecule has 3 aromatic heterocycles. The number of pyridine rings is 1. The highest BCUT2D eigenvalue weighted by Crippen LogP contribution is 2.29. The van der Waals surface area contributed by atoms with Gasteiger partial charge < -0.3 is 5.32 Å². The molecule has 0 unspecified atom stereocenters. The van der Waals surface area contributed by atoms with Crippen molar-refractivity contribution in [2.45, 2.75) is 13.1 Å². The largest absolute Gasteiger partial charge is 0.332 e. The van der Waals surface area contributed by atoms with Crippen LogP contribution in [0.2, 0.25) is 0 Å². The number of nitrogens with zero attached hydrogens (tertiary/aromatic N) is 3. The van der Waals surface area contributed by atoms with E-state index in [0.29, 0.717) is 15.8 Å². The molecule has 5 aromatic rings. The number of fused-ring (bicyclic) bond motifs is 3. The fourth-order valence-corrected chi connectivity index (χ4v) is 4.86. The van der Waals surface area contributed by atoms with Crippen molar-refractivity contribution < 1.29 is 18.0 Å². The van der Waals surface area contributed by atoms with Crippen LogP contribution in [-0.2, 0) is 17.9 Å². The van der Waals surface area contributed by atoms with Crippen LogP contribution in [-0.4, -0.2) is 20.0 Å². The van der Waals surface area contributed by atoms with E-state index in [9.17, 15) is 27.6 Å². The van der Waals surface area contributed by atoms with E-state index in [-0.39, 0.29) is 22.4 Å². The molecule has 1 amide bonds. The smallest absolute Gasteiger partial charge is 0.324 e. The average Bonchev–Trinajstić information content (AvgIpc) is 3.23. The van der Waals surface area contributed by atoms with E-state index in [1.165, 1.54) is 30.3 Å². The minimum absolute atomic E-state index is 0.00895. The molecule has 0 aliphatic heterocycles. The minimum Gasteiger partial charge on any atom is -0.324 e. The van der Waals surface area contributed by atoms with Crippen molar-refractivity contribution in [3.8, 4) is 0 Å². The molecule has 0 saturated heterocycles. The van der Waals surface area contributed by atoms with Gasteiger partial charge in [-0.25, -0.2) is 22.9 Å². The molecule has 0 aliphatic rings. The maximum absolute atomic E-state index is 13.5. The van der Waals surface area contributed by atoms with Gasteiger partial charge in [0.15, 0.2) is 11.6 Å². The van der Waals surface area contributed by atoms with Crippen LogP contribution in [0.5, 0.6) is 0 Å². The van der Waals surface area contributed by atoms with Crippen LogP contribution in [0, 0.1) is 17.5 Å². The first kappa shape index (κ1) is 22.5. The van der Waals surface area contributed by atoms with Crippen LogP contribution in [0.1, 0.15) is 5.56 Å². The second-order valence-electron chi connectivity index (χ2n) is 7.70. The first-order chi connectivity index (χ1) is 16.8. The van der Waals surface area contributed by atoms with Crippen LogP contribution < -0.4 is 16.6 Å². The van der Waals surface area contributed by atoms with Crippen molar-refractivity contribution in [2.24, 2.45) is 0 Å². The van der Waals surface area contributed by atoms with E-state index < -0.39 is 41.2 Å². The molecule has 7 nitrogen and oxygen atoms in total. The van der Waals surface area contributed by atoms with Gasteiger partial charge in [-0.1, -0.05) is 12.1 Å². The van der Waals surface area contributed by atoms with E-state index in [1.807, 2.05) is 0 Å². The summed E-state index contributed by atoms with van der Waals surface area (Å²) in [5.74, 6) is -3.34. The molecule has 0 spiro atoms. The molecular weight excluding hydrogens is 481 g/mol. The lowest BCUT2D eigenvalue weighted by atomic mass is 10.2. The molecule has 0 saturated carbocycles. The van der Waals surface area contributed by atoms with Crippen molar-refractivity contribution >= 4 is 43.4 Å². The van der Waals surface area contributed by atoms with Gasteiger partial charge in [0.2, 0.25) is 5.91 Å². The van der Waals surface area contributed by atoms with Gasteiger partial charge in [-0.2, -0.15) is 0 Å². The Kier molecular flexibility index (Phi) is 5.69. The van der Waals surface area contributed by atoms with Gasteiger partial charge in [0, 0.05) is 23.3 Å². The predicted molar refractivity (Wildman–Crippen MR) is 126 cm³/mol. The Labute approximate surface area is 198 Å². The van der Waals surface area contributed by atoms with Gasteiger partial charge in [0.1, 0.15) is 21.9 Å². The van der Waals surface area contributed by atoms with Crippen LogP contribution >= 0.6 is 11.3 Å². The van der Waals surface area contributed by atoms with Crippen LogP contribution in [0.15, 0.2) is 70.4 Å². The number of halogens is 3. The highest BCUT2D eigenvalue weighted by molar-refractivity contribution is 7.25. The summed E-state index contributed by atoms with van der Waals surface area (Å²) in [6.45, 7) is -0.640. The molecule has 0 bridgehead atoms. The first-order valence-corrected chi connectivity index (χ1v) is 11.1. The molecule has 11 heteroatoms. The van der Waals surface area contributed by atoms with Crippen molar-refractivity contribution in [3.63, 3.8) is 0 Å². The molecule has 176 valence electrons. The summed E-state index contributed by atoms with van der Waals surface area (Å²) in [5, 5.41) is 2.96. The number of thiophene rings is 1. The number of hydrogen-bond acceptors (Lipinski definition) is 5. The molecule has 0 aliphatic carbocycles. The van der Waals surface area contributed by atoms with E-state index in [4.69, 9.17) is 0 Å². The summed E-state index contributed by atoms with van der Waals surface area (Å²) in [7, 11) is 0. The van der Waals surface area contributed by atoms with E-state index in [0.717, 1.165) is 32.6 Å². The zero-order valence-corrected chi connectivity index (χ0v) is 18.6. The van der Waals surface area contributed by atoms with Crippen molar-refractivity contribution in [1.29, 1.82) is 0 Å². The molecule has 0 fully saturated rings. The lowest BCUT2D eigenvalue weighted by Crippen LogP contribution is -2.41. The molecule has 0 radical (unpaired) electrons. The summed E-state index contributed by atoms with van der Waals surface area (Å²) < 4.78 is 42.4. The lowest BCUT2D eigenvalue weighted by Gasteiger charge is -2.13.